The summed E-state index contributed by atoms with van der Waals surface area (Å²) >= 11 is 0. The summed E-state index contributed by atoms with van der Waals surface area (Å²) in [5.74, 6) is 2.05. The first-order valence-electron chi connectivity index (χ1n) is 5.20. The smallest absolute Gasteiger partial charge is 0.118 e. The fraction of sp³-hybridized carbons (Fsp3) is 0.636. The lowest BCUT2D eigenvalue weighted by atomic mass is 10.3. The van der Waals surface area contributed by atoms with Crippen molar-refractivity contribution in [2.24, 2.45) is 0 Å². The van der Waals surface area contributed by atoms with Crippen LogP contribution in [0.15, 0.2) is 16.5 Å². The van der Waals surface area contributed by atoms with Gasteiger partial charge in [0.05, 0.1) is 13.2 Å². The zero-order valence-electron chi connectivity index (χ0n) is 8.66. The lowest BCUT2D eigenvalue weighted by molar-refractivity contribution is 0.139. The van der Waals surface area contributed by atoms with Gasteiger partial charge in [-0.05, 0) is 25.5 Å². The van der Waals surface area contributed by atoms with Gasteiger partial charge in [0.25, 0.3) is 0 Å². The molecule has 0 amide bonds. The second-order valence-corrected chi connectivity index (χ2v) is 3.75. The summed E-state index contributed by atoms with van der Waals surface area (Å²) in [5, 5.41) is 0. The first-order valence-corrected chi connectivity index (χ1v) is 5.20. The van der Waals surface area contributed by atoms with Crippen LogP contribution in [0.3, 0.4) is 0 Å². The van der Waals surface area contributed by atoms with Gasteiger partial charge in [0.1, 0.15) is 11.5 Å². The van der Waals surface area contributed by atoms with Crippen LogP contribution in [0.4, 0.5) is 0 Å². The Morgan fingerprint density at radius 1 is 1.29 bits per heavy atom. The van der Waals surface area contributed by atoms with Gasteiger partial charge in [-0.3, -0.25) is 4.90 Å². The van der Waals surface area contributed by atoms with Crippen molar-refractivity contribution in [2.75, 3.05) is 26.3 Å². The van der Waals surface area contributed by atoms with Gasteiger partial charge < -0.3 is 9.15 Å². The molecule has 1 fully saturated rings. The second kappa shape index (κ2) is 4.62. The Kier molecular flexibility index (Phi) is 3.22. The van der Waals surface area contributed by atoms with Crippen LogP contribution in [-0.2, 0) is 11.3 Å². The fourth-order valence-corrected chi connectivity index (χ4v) is 1.75. The molecule has 0 saturated carbocycles. The molecule has 0 aliphatic carbocycles. The summed E-state index contributed by atoms with van der Waals surface area (Å²) in [6.45, 7) is 6.76. The van der Waals surface area contributed by atoms with Crippen LogP contribution in [0.5, 0.6) is 0 Å². The monoisotopic (exact) mass is 195 g/mol. The van der Waals surface area contributed by atoms with Gasteiger partial charge in [0.2, 0.25) is 0 Å². The normalized spacial score (nSPS) is 19.5. The lowest BCUT2D eigenvalue weighted by Crippen LogP contribution is -2.25. The molecule has 3 heteroatoms. The molecule has 0 bridgehead atoms. The summed E-state index contributed by atoms with van der Waals surface area (Å²) in [5.41, 5.74) is 0. The minimum Gasteiger partial charge on any atom is -0.465 e. The Balaban J connectivity index is 1.89. The predicted octanol–water partition coefficient (Wildman–Crippen LogP) is 1.81. The highest BCUT2D eigenvalue weighted by molar-refractivity contribution is 5.05. The number of rotatable bonds is 2. The molecular weight excluding hydrogens is 178 g/mol. The van der Waals surface area contributed by atoms with E-state index in [9.17, 15) is 0 Å². The van der Waals surface area contributed by atoms with E-state index >= 15 is 0 Å². The molecular formula is C11H17NO2. The highest BCUT2D eigenvalue weighted by atomic mass is 16.5. The first-order chi connectivity index (χ1) is 6.84. The van der Waals surface area contributed by atoms with Crippen LogP contribution < -0.4 is 0 Å². The average Bonchev–Trinajstić information content (AvgIpc) is 2.43. The molecule has 0 unspecified atom stereocenters. The number of hydrogen-bond donors (Lipinski definition) is 0. The Hall–Kier alpha value is -0.800. The second-order valence-electron chi connectivity index (χ2n) is 3.75. The van der Waals surface area contributed by atoms with Gasteiger partial charge >= 0.3 is 0 Å². The predicted molar refractivity (Wildman–Crippen MR) is 54.2 cm³/mol. The van der Waals surface area contributed by atoms with Crippen LogP contribution in [0.2, 0.25) is 0 Å². The van der Waals surface area contributed by atoms with E-state index in [1.807, 2.05) is 13.0 Å². The molecule has 2 rings (SSSR count). The maximum absolute atomic E-state index is 5.54. The third kappa shape index (κ3) is 2.59. The zero-order chi connectivity index (χ0) is 9.80. The molecule has 78 valence electrons. The fourth-order valence-electron chi connectivity index (χ4n) is 1.75. The molecule has 0 aromatic carbocycles. The highest BCUT2D eigenvalue weighted by Gasteiger charge is 2.10. The third-order valence-electron chi connectivity index (χ3n) is 2.49. The van der Waals surface area contributed by atoms with Gasteiger partial charge in [-0.25, -0.2) is 0 Å². The Morgan fingerprint density at radius 3 is 3.00 bits per heavy atom. The van der Waals surface area contributed by atoms with Crippen LogP contribution in [-0.4, -0.2) is 31.2 Å². The van der Waals surface area contributed by atoms with Crippen LogP contribution in [0.25, 0.3) is 0 Å². The molecule has 1 aliphatic heterocycles. The quantitative estimate of drug-likeness (QED) is 0.719. The summed E-state index contributed by atoms with van der Waals surface area (Å²) in [6.07, 6.45) is 1.12. The Bertz CT molecular complexity index is 275. The number of hydrogen-bond acceptors (Lipinski definition) is 3. The lowest BCUT2D eigenvalue weighted by Gasteiger charge is -2.16. The topological polar surface area (TPSA) is 25.6 Å². The minimum absolute atomic E-state index is 0.847. The van der Waals surface area contributed by atoms with Crippen LogP contribution in [0.1, 0.15) is 17.9 Å². The van der Waals surface area contributed by atoms with Gasteiger partial charge in [0.15, 0.2) is 0 Å². The first kappa shape index (κ1) is 9.74. The SMILES string of the molecule is Cc1ccc(CN2CCCOCC2)o1. The maximum Gasteiger partial charge on any atom is 0.118 e. The standard InChI is InChI=1S/C11H17NO2/c1-10-3-4-11(14-10)9-12-5-2-7-13-8-6-12/h3-4H,2,5-9H2,1H3. The van der Waals surface area contributed by atoms with E-state index in [2.05, 4.69) is 11.0 Å². The summed E-state index contributed by atoms with van der Waals surface area (Å²) in [6, 6.07) is 4.07. The van der Waals surface area contributed by atoms with E-state index in [1.165, 1.54) is 0 Å². The van der Waals surface area contributed by atoms with Crippen molar-refractivity contribution in [2.45, 2.75) is 19.9 Å². The van der Waals surface area contributed by atoms with E-state index in [0.717, 1.165) is 50.8 Å². The third-order valence-corrected chi connectivity index (χ3v) is 2.49. The molecule has 0 spiro atoms. The minimum atomic E-state index is 0.847. The number of aryl methyl sites for hydroxylation is 1. The molecule has 0 N–H and O–H groups in total. The number of nitrogens with zero attached hydrogens (tertiary/aromatic N) is 1. The molecule has 1 aromatic heterocycles. The van der Waals surface area contributed by atoms with E-state index < -0.39 is 0 Å². The molecule has 1 aliphatic rings. The number of furan rings is 1. The van der Waals surface area contributed by atoms with Crippen molar-refractivity contribution in [3.8, 4) is 0 Å². The summed E-state index contributed by atoms with van der Waals surface area (Å²) < 4.78 is 10.9. The Morgan fingerprint density at radius 2 is 2.21 bits per heavy atom. The molecule has 0 atom stereocenters. The molecule has 1 aromatic rings. The van der Waals surface area contributed by atoms with E-state index in [1.54, 1.807) is 0 Å². The maximum atomic E-state index is 5.54. The van der Waals surface area contributed by atoms with Crippen molar-refractivity contribution in [1.29, 1.82) is 0 Å². The van der Waals surface area contributed by atoms with Crippen molar-refractivity contribution < 1.29 is 9.15 Å². The van der Waals surface area contributed by atoms with Gasteiger partial charge in [-0.2, -0.15) is 0 Å². The molecule has 0 radical (unpaired) electrons. The van der Waals surface area contributed by atoms with Crippen molar-refractivity contribution in [1.82, 2.24) is 4.90 Å². The van der Waals surface area contributed by atoms with E-state index in [0.29, 0.717) is 0 Å². The highest BCUT2D eigenvalue weighted by Crippen LogP contribution is 2.10. The van der Waals surface area contributed by atoms with E-state index in [-0.39, 0.29) is 0 Å². The van der Waals surface area contributed by atoms with Crippen LogP contribution in [0, 0.1) is 6.92 Å². The molecule has 14 heavy (non-hydrogen) atoms. The number of ether oxygens (including phenoxy) is 1. The summed E-state index contributed by atoms with van der Waals surface area (Å²) in [7, 11) is 0. The largest absolute Gasteiger partial charge is 0.465 e. The van der Waals surface area contributed by atoms with Gasteiger partial charge in [-0.1, -0.05) is 0 Å². The Labute approximate surface area is 84.6 Å². The molecule has 1 saturated heterocycles. The van der Waals surface area contributed by atoms with Crippen molar-refractivity contribution in [3.05, 3.63) is 23.7 Å². The van der Waals surface area contributed by atoms with Gasteiger partial charge in [-0.15, -0.1) is 0 Å². The van der Waals surface area contributed by atoms with Crippen LogP contribution >= 0.6 is 0 Å². The van der Waals surface area contributed by atoms with E-state index in [4.69, 9.17) is 9.15 Å². The average molecular weight is 195 g/mol. The molecule has 3 nitrogen and oxygen atoms in total. The van der Waals surface area contributed by atoms with Gasteiger partial charge in [0, 0.05) is 19.7 Å². The zero-order valence-corrected chi connectivity index (χ0v) is 8.66. The molecule has 2 heterocycles. The van der Waals surface area contributed by atoms with Crippen molar-refractivity contribution >= 4 is 0 Å². The summed E-state index contributed by atoms with van der Waals surface area (Å²) in [4.78, 5) is 2.38. The van der Waals surface area contributed by atoms with Crippen molar-refractivity contribution in [3.63, 3.8) is 0 Å².